The molecule has 1 aromatic heterocycles. The van der Waals surface area contributed by atoms with E-state index in [1.165, 1.54) is 13.2 Å². The Bertz CT molecular complexity index is 360. The fourth-order valence-electron chi connectivity index (χ4n) is 0.738. The predicted octanol–water partition coefficient (Wildman–Crippen LogP) is 0.504. The first-order valence-corrected chi connectivity index (χ1v) is 3.15. The fourth-order valence-corrected chi connectivity index (χ4v) is 0.738. The van der Waals surface area contributed by atoms with Crippen LogP contribution in [-0.2, 0) is 0 Å². The number of carboxylic acid groups (broad SMARTS) is 1. The van der Waals surface area contributed by atoms with Crippen LogP contribution in [-0.4, -0.2) is 23.2 Å². The molecule has 0 fully saturated rings. The van der Waals surface area contributed by atoms with Crippen molar-refractivity contribution in [2.24, 2.45) is 0 Å². The number of methoxy groups -OCH3 is 1. The lowest BCUT2D eigenvalue weighted by Crippen LogP contribution is -2.11. The van der Waals surface area contributed by atoms with Gasteiger partial charge in [-0.15, -0.1) is 12.4 Å². The number of ether oxygens (including phenoxy) is 1. The number of aromatic amines is 1. The molecule has 13 heavy (non-hydrogen) atoms. The summed E-state index contributed by atoms with van der Waals surface area (Å²) < 4.78 is 4.63. The molecule has 2 N–H and O–H groups in total. The highest BCUT2D eigenvalue weighted by Crippen LogP contribution is 2.04. The van der Waals surface area contributed by atoms with Gasteiger partial charge in [-0.25, -0.2) is 4.79 Å². The molecule has 0 radical (unpaired) electrons. The van der Waals surface area contributed by atoms with Crippen LogP contribution < -0.4 is 10.3 Å². The molecule has 0 spiro atoms. The lowest BCUT2D eigenvalue weighted by atomic mass is 10.3. The second kappa shape index (κ2) is 4.51. The first kappa shape index (κ1) is 11.5. The van der Waals surface area contributed by atoms with Crippen LogP contribution in [0, 0.1) is 0 Å². The van der Waals surface area contributed by atoms with Gasteiger partial charge in [0.15, 0.2) is 5.75 Å². The second-order valence-electron chi connectivity index (χ2n) is 2.09. The Labute approximate surface area is 79.8 Å². The van der Waals surface area contributed by atoms with Crippen molar-refractivity contribution in [1.29, 1.82) is 0 Å². The van der Waals surface area contributed by atoms with Crippen molar-refractivity contribution >= 4 is 18.4 Å². The fraction of sp³-hybridized carbons (Fsp3) is 0.143. The summed E-state index contributed by atoms with van der Waals surface area (Å²) in [6, 6.07) is 1.17. The standard InChI is InChI=1S/C7H7NO4.ClH/c1-12-5-2-4(7(10)11)3-8-6(5)9;/h2-3H,1H3,(H,8,9)(H,10,11);1H. The third kappa shape index (κ3) is 2.48. The van der Waals surface area contributed by atoms with Gasteiger partial charge in [-0.2, -0.15) is 0 Å². The quantitative estimate of drug-likeness (QED) is 0.737. The number of carboxylic acids is 1. The number of hydrogen-bond acceptors (Lipinski definition) is 3. The average molecular weight is 206 g/mol. The lowest BCUT2D eigenvalue weighted by molar-refractivity contribution is 0.0696. The van der Waals surface area contributed by atoms with Crippen molar-refractivity contribution < 1.29 is 14.6 Å². The molecule has 0 saturated carbocycles. The molecule has 1 rings (SSSR count). The van der Waals surface area contributed by atoms with E-state index in [4.69, 9.17) is 5.11 Å². The molecule has 0 aliphatic carbocycles. The molecule has 5 nitrogen and oxygen atoms in total. The van der Waals surface area contributed by atoms with Crippen LogP contribution in [0.1, 0.15) is 10.4 Å². The molecule has 72 valence electrons. The highest BCUT2D eigenvalue weighted by Gasteiger charge is 2.06. The van der Waals surface area contributed by atoms with Crippen LogP contribution in [0.2, 0.25) is 0 Å². The maximum Gasteiger partial charge on any atom is 0.337 e. The number of nitrogens with one attached hydrogen (secondary N) is 1. The van der Waals surface area contributed by atoms with Crippen LogP contribution in [0.25, 0.3) is 0 Å². The van der Waals surface area contributed by atoms with E-state index in [0.29, 0.717) is 0 Å². The van der Waals surface area contributed by atoms with Gasteiger partial charge >= 0.3 is 5.97 Å². The average Bonchev–Trinajstić information content (AvgIpc) is 2.05. The van der Waals surface area contributed by atoms with Crippen molar-refractivity contribution in [3.63, 3.8) is 0 Å². The van der Waals surface area contributed by atoms with Crippen molar-refractivity contribution in [2.75, 3.05) is 7.11 Å². The zero-order valence-electron chi connectivity index (χ0n) is 6.73. The molecule has 0 bridgehead atoms. The summed E-state index contributed by atoms with van der Waals surface area (Å²) in [6.45, 7) is 0. The number of pyridine rings is 1. The molecular weight excluding hydrogens is 198 g/mol. The van der Waals surface area contributed by atoms with Crippen molar-refractivity contribution in [1.82, 2.24) is 4.98 Å². The number of rotatable bonds is 2. The third-order valence-electron chi connectivity index (χ3n) is 1.34. The minimum atomic E-state index is -1.11. The summed E-state index contributed by atoms with van der Waals surface area (Å²) in [7, 11) is 1.30. The van der Waals surface area contributed by atoms with Crippen LogP contribution in [0.5, 0.6) is 5.75 Å². The van der Waals surface area contributed by atoms with Gasteiger partial charge < -0.3 is 14.8 Å². The molecule has 0 aromatic carbocycles. The number of aromatic nitrogens is 1. The highest BCUT2D eigenvalue weighted by atomic mass is 35.5. The van der Waals surface area contributed by atoms with Crippen molar-refractivity contribution in [2.45, 2.75) is 0 Å². The molecule has 1 heterocycles. The number of H-pyrrole nitrogens is 1. The molecule has 0 amide bonds. The first-order valence-electron chi connectivity index (χ1n) is 3.15. The molecule has 0 aliphatic heterocycles. The van der Waals surface area contributed by atoms with E-state index in [1.54, 1.807) is 0 Å². The van der Waals surface area contributed by atoms with E-state index in [-0.39, 0.29) is 23.7 Å². The van der Waals surface area contributed by atoms with Gasteiger partial charge in [0.25, 0.3) is 5.56 Å². The molecule has 0 aliphatic rings. The number of hydrogen-bond donors (Lipinski definition) is 2. The summed E-state index contributed by atoms with van der Waals surface area (Å²) in [4.78, 5) is 23.5. The zero-order chi connectivity index (χ0) is 9.14. The van der Waals surface area contributed by atoms with Crippen LogP contribution in [0.3, 0.4) is 0 Å². The molecule has 0 unspecified atom stereocenters. The van der Waals surface area contributed by atoms with E-state index < -0.39 is 11.5 Å². The number of halogens is 1. The topological polar surface area (TPSA) is 79.4 Å². The van der Waals surface area contributed by atoms with Crippen LogP contribution in [0.15, 0.2) is 17.1 Å². The van der Waals surface area contributed by atoms with Gasteiger partial charge in [0.1, 0.15) is 0 Å². The molecule has 0 atom stereocenters. The minimum absolute atomic E-state index is 0. The van der Waals surface area contributed by atoms with Crippen LogP contribution >= 0.6 is 12.4 Å². The largest absolute Gasteiger partial charge is 0.491 e. The third-order valence-corrected chi connectivity index (χ3v) is 1.34. The zero-order valence-corrected chi connectivity index (χ0v) is 7.55. The SMILES string of the molecule is COc1cc(C(=O)O)c[nH]c1=O.Cl. The van der Waals surface area contributed by atoms with Gasteiger partial charge in [0.2, 0.25) is 0 Å². The van der Waals surface area contributed by atoms with Crippen molar-refractivity contribution in [3.05, 3.63) is 28.2 Å². The van der Waals surface area contributed by atoms with Crippen LogP contribution in [0.4, 0.5) is 0 Å². The van der Waals surface area contributed by atoms with E-state index in [1.807, 2.05) is 0 Å². The Hall–Kier alpha value is -1.49. The van der Waals surface area contributed by atoms with Gasteiger partial charge in [-0.1, -0.05) is 0 Å². The van der Waals surface area contributed by atoms with Gasteiger partial charge in [-0.05, 0) is 0 Å². The smallest absolute Gasteiger partial charge is 0.337 e. The van der Waals surface area contributed by atoms with E-state index in [2.05, 4.69) is 9.72 Å². The second-order valence-corrected chi connectivity index (χ2v) is 2.09. The summed E-state index contributed by atoms with van der Waals surface area (Å²) >= 11 is 0. The normalized spacial score (nSPS) is 8.69. The Morgan fingerprint density at radius 1 is 1.62 bits per heavy atom. The predicted molar refractivity (Wildman–Crippen MR) is 47.8 cm³/mol. The lowest BCUT2D eigenvalue weighted by Gasteiger charge is -1.98. The van der Waals surface area contributed by atoms with E-state index >= 15 is 0 Å². The molecule has 6 heteroatoms. The number of aromatic carboxylic acids is 1. The number of carbonyl (C=O) groups is 1. The highest BCUT2D eigenvalue weighted by molar-refractivity contribution is 5.87. The van der Waals surface area contributed by atoms with E-state index in [0.717, 1.165) is 6.20 Å². The Kier molecular flexibility index (Phi) is 4.00. The summed E-state index contributed by atoms with van der Waals surface area (Å²) in [5.74, 6) is -1.11. The minimum Gasteiger partial charge on any atom is -0.491 e. The van der Waals surface area contributed by atoms with E-state index in [9.17, 15) is 9.59 Å². The maximum absolute atomic E-state index is 10.9. The monoisotopic (exact) mass is 205 g/mol. The molecular formula is C7H8ClNO4. The van der Waals surface area contributed by atoms with Gasteiger partial charge in [-0.3, -0.25) is 4.79 Å². The Morgan fingerprint density at radius 2 is 2.23 bits per heavy atom. The maximum atomic E-state index is 10.9. The summed E-state index contributed by atoms with van der Waals surface area (Å²) in [6.07, 6.45) is 1.12. The first-order chi connectivity index (χ1) is 5.65. The summed E-state index contributed by atoms with van der Waals surface area (Å²) in [5, 5.41) is 8.52. The summed E-state index contributed by atoms with van der Waals surface area (Å²) in [5.41, 5.74) is -0.450. The molecule has 1 aromatic rings. The molecule has 0 saturated heterocycles. The van der Waals surface area contributed by atoms with Gasteiger partial charge in [0, 0.05) is 12.3 Å². The van der Waals surface area contributed by atoms with Crippen molar-refractivity contribution in [3.8, 4) is 5.75 Å². The Balaban J connectivity index is 0.00000144. The Morgan fingerprint density at radius 3 is 2.69 bits per heavy atom. The van der Waals surface area contributed by atoms with Gasteiger partial charge in [0.05, 0.1) is 12.7 Å².